The highest BCUT2D eigenvalue weighted by atomic mass is 32.1. The molecule has 1 heterocycles. The average Bonchev–Trinajstić information content (AvgIpc) is 2.81. The van der Waals surface area contributed by atoms with Crippen molar-refractivity contribution in [2.24, 2.45) is 10.8 Å². The predicted molar refractivity (Wildman–Crippen MR) is 75.0 cm³/mol. The van der Waals surface area contributed by atoms with E-state index < -0.39 is 11.4 Å². The van der Waals surface area contributed by atoms with Crippen molar-refractivity contribution in [3.05, 3.63) is 22.4 Å². The van der Waals surface area contributed by atoms with Gasteiger partial charge in [0.25, 0.3) is 0 Å². The minimum atomic E-state index is -0.588. The molecule has 2 nitrogen and oxygen atoms in total. The van der Waals surface area contributed by atoms with Crippen molar-refractivity contribution in [1.82, 2.24) is 0 Å². The zero-order valence-electron chi connectivity index (χ0n) is 11.2. The number of hydrogen-bond donors (Lipinski definition) is 1. The molecule has 2 rings (SSSR count). The topological polar surface area (TPSA) is 37.3 Å². The number of aliphatic carboxylic acids is 1. The number of thiophene rings is 1. The summed E-state index contributed by atoms with van der Waals surface area (Å²) in [5.41, 5.74) is -0.151. The summed E-state index contributed by atoms with van der Waals surface area (Å²) in [6.07, 6.45) is 5.43. The van der Waals surface area contributed by atoms with E-state index in [1.165, 1.54) is 4.88 Å². The maximum absolute atomic E-state index is 11.7. The molecule has 0 atom stereocenters. The number of carboxylic acids is 1. The van der Waals surface area contributed by atoms with Crippen LogP contribution in [-0.4, -0.2) is 11.1 Å². The second-order valence-corrected chi connectivity index (χ2v) is 7.36. The van der Waals surface area contributed by atoms with Gasteiger partial charge in [0.15, 0.2) is 0 Å². The van der Waals surface area contributed by atoms with E-state index in [1.807, 2.05) is 6.07 Å². The van der Waals surface area contributed by atoms with E-state index in [-0.39, 0.29) is 0 Å². The lowest BCUT2D eigenvalue weighted by Crippen LogP contribution is -2.38. The molecule has 1 saturated carbocycles. The van der Waals surface area contributed by atoms with Crippen molar-refractivity contribution >= 4 is 17.3 Å². The molecule has 100 valence electrons. The van der Waals surface area contributed by atoms with E-state index in [2.05, 4.69) is 25.3 Å². The molecule has 0 spiro atoms. The SMILES string of the molecule is CC1(C)CCC(CCc2cccs2)(C(=O)O)CC1. The van der Waals surface area contributed by atoms with Crippen LogP contribution >= 0.6 is 11.3 Å². The van der Waals surface area contributed by atoms with Crippen LogP contribution in [0.25, 0.3) is 0 Å². The molecule has 1 fully saturated rings. The minimum absolute atomic E-state index is 0.321. The fourth-order valence-electron chi connectivity index (χ4n) is 2.79. The molecular formula is C15H22O2S. The molecule has 1 aromatic heterocycles. The first-order valence-electron chi connectivity index (χ1n) is 6.69. The lowest BCUT2D eigenvalue weighted by molar-refractivity contribution is -0.153. The van der Waals surface area contributed by atoms with Crippen LogP contribution in [0, 0.1) is 10.8 Å². The van der Waals surface area contributed by atoms with Crippen LogP contribution in [0.4, 0.5) is 0 Å². The Morgan fingerprint density at radius 1 is 1.33 bits per heavy atom. The first-order chi connectivity index (χ1) is 8.44. The van der Waals surface area contributed by atoms with Gasteiger partial charge in [-0.2, -0.15) is 0 Å². The quantitative estimate of drug-likeness (QED) is 0.879. The highest BCUT2D eigenvalue weighted by Crippen LogP contribution is 2.47. The largest absolute Gasteiger partial charge is 0.481 e. The molecule has 1 aliphatic rings. The summed E-state index contributed by atoms with van der Waals surface area (Å²) in [5.74, 6) is -0.588. The standard InChI is InChI=1S/C15H22O2S/c1-14(2)7-9-15(10-8-14,13(16)17)6-5-12-4-3-11-18-12/h3-4,11H,5-10H2,1-2H3,(H,16,17). The Kier molecular flexibility index (Phi) is 3.81. The second-order valence-electron chi connectivity index (χ2n) is 6.33. The number of hydrogen-bond acceptors (Lipinski definition) is 2. The van der Waals surface area contributed by atoms with Crippen molar-refractivity contribution in [3.63, 3.8) is 0 Å². The molecule has 3 heteroatoms. The van der Waals surface area contributed by atoms with E-state index in [9.17, 15) is 9.90 Å². The van der Waals surface area contributed by atoms with Gasteiger partial charge in [-0.25, -0.2) is 0 Å². The van der Waals surface area contributed by atoms with Crippen LogP contribution in [0.1, 0.15) is 50.8 Å². The van der Waals surface area contributed by atoms with Crippen LogP contribution in [0.2, 0.25) is 0 Å². The molecular weight excluding hydrogens is 244 g/mol. The van der Waals surface area contributed by atoms with Crippen LogP contribution in [0.5, 0.6) is 0 Å². The summed E-state index contributed by atoms with van der Waals surface area (Å²) in [5, 5.41) is 11.7. The first kappa shape index (κ1) is 13.6. The molecule has 0 bridgehead atoms. The van der Waals surface area contributed by atoms with Gasteiger partial charge in [0.1, 0.15) is 0 Å². The van der Waals surface area contributed by atoms with Crippen molar-refractivity contribution in [1.29, 1.82) is 0 Å². The number of rotatable bonds is 4. The van der Waals surface area contributed by atoms with Gasteiger partial charge in [-0.3, -0.25) is 4.79 Å². The summed E-state index contributed by atoms with van der Waals surface area (Å²) < 4.78 is 0. The molecule has 0 unspecified atom stereocenters. The van der Waals surface area contributed by atoms with Gasteiger partial charge in [-0.15, -0.1) is 11.3 Å². The summed E-state index contributed by atoms with van der Waals surface area (Å²) in [4.78, 5) is 13.0. The van der Waals surface area contributed by atoms with E-state index in [0.29, 0.717) is 5.41 Å². The lowest BCUT2D eigenvalue weighted by atomic mass is 9.63. The van der Waals surface area contributed by atoms with Crippen molar-refractivity contribution < 1.29 is 9.90 Å². The number of aryl methyl sites for hydroxylation is 1. The summed E-state index contributed by atoms with van der Waals surface area (Å²) in [6.45, 7) is 4.50. The maximum atomic E-state index is 11.7. The van der Waals surface area contributed by atoms with Crippen molar-refractivity contribution in [3.8, 4) is 0 Å². The molecule has 0 radical (unpaired) electrons. The Morgan fingerprint density at radius 3 is 2.50 bits per heavy atom. The zero-order valence-corrected chi connectivity index (χ0v) is 12.1. The molecule has 1 aliphatic carbocycles. The van der Waals surface area contributed by atoms with Gasteiger partial charge in [-0.05, 0) is 55.4 Å². The minimum Gasteiger partial charge on any atom is -0.481 e. The lowest BCUT2D eigenvalue weighted by Gasteiger charge is -2.40. The third kappa shape index (κ3) is 2.94. The molecule has 0 aromatic carbocycles. The first-order valence-corrected chi connectivity index (χ1v) is 7.57. The maximum Gasteiger partial charge on any atom is 0.309 e. The smallest absolute Gasteiger partial charge is 0.309 e. The summed E-state index contributed by atoms with van der Waals surface area (Å²) in [7, 11) is 0. The third-order valence-corrected chi connectivity index (χ3v) is 5.38. The van der Waals surface area contributed by atoms with E-state index >= 15 is 0 Å². The Hall–Kier alpha value is -0.830. The summed E-state index contributed by atoms with van der Waals surface area (Å²) >= 11 is 1.73. The van der Waals surface area contributed by atoms with E-state index in [0.717, 1.165) is 38.5 Å². The van der Waals surface area contributed by atoms with Crippen LogP contribution < -0.4 is 0 Å². The Morgan fingerprint density at radius 2 is 2.00 bits per heavy atom. The second kappa shape index (κ2) is 5.04. The van der Waals surface area contributed by atoms with E-state index in [4.69, 9.17) is 0 Å². The highest BCUT2D eigenvalue weighted by Gasteiger charge is 2.43. The monoisotopic (exact) mass is 266 g/mol. The van der Waals surface area contributed by atoms with Crippen molar-refractivity contribution in [2.45, 2.75) is 52.4 Å². The van der Waals surface area contributed by atoms with Gasteiger partial charge in [-0.1, -0.05) is 19.9 Å². The van der Waals surface area contributed by atoms with Crippen LogP contribution in [0.3, 0.4) is 0 Å². The molecule has 0 saturated heterocycles. The fourth-order valence-corrected chi connectivity index (χ4v) is 3.50. The Labute approximate surface area is 113 Å². The summed E-state index contributed by atoms with van der Waals surface area (Å²) in [6, 6.07) is 4.14. The normalized spacial score (nSPS) is 21.7. The van der Waals surface area contributed by atoms with Crippen LogP contribution in [0.15, 0.2) is 17.5 Å². The number of carboxylic acid groups (broad SMARTS) is 1. The molecule has 0 amide bonds. The highest BCUT2D eigenvalue weighted by molar-refractivity contribution is 7.09. The van der Waals surface area contributed by atoms with Gasteiger partial charge >= 0.3 is 5.97 Å². The predicted octanol–water partition coefficient (Wildman–Crippen LogP) is 4.35. The fraction of sp³-hybridized carbons (Fsp3) is 0.667. The molecule has 1 aromatic rings. The van der Waals surface area contributed by atoms with Crippen LogP contribution in [-0.2, 0) is 11.2 Å². The van der Waals surface area contributed by atoms with E-state index in [1.54, 1.807) is 11.3 Å². The third-order valence-electron chi connectivity index (χ3n) is 4.44. The van der Waals surface area contributed by atoms with Gasteiger partial charge in [0.05, 0.1) is 5.41 Å². The molecule has 18 heavy (non-hydrogen) atoms. The molecule has 1 N–H and O–H groups in total. The average molecular weight is 266 g/mol. The van der Waals surface area contributed by atoms with Gasteiger partial charge < -0.3 is 5.11 Å². The van der Waals surface area contributed by atoms with Gasteiger partial charge in [0, 0.05) is 4.88 Å². The Bertz CT molecular complexity index is 396. The Balaban J connectivity index is 2.02. The number of carbonyl (C=O) groups is 1. The molecule has 0 aliphatic heterocycles. The zero-order chi connectivity index (χ0) is 13.2. The van der Waals surface area contributed by atoms with Crippen molar-refractivity contribution in [2.75, 3.05) is 0 Å². The van der Waals surface area contributed by atoms with Gasteiger partial charge in [0.2, 0.25) is 0 Å².